The largest absolute Gasteiger partial charge is 0.489 e. The topological polar surface area (TPSA) is 54.4 Å². The molecular formula is C14H14Cl2N2O2. The average Bonchev–Trinajstić information content (AvgIpc) is 2.46. The van der Waals surface area contributed by atoms with Gasteiger partial charge in [-0.1, -0.05) is 35.3 Å². The summed E-state index contributed by atoms with van der Waals surface area (Å²) in [5.74, 6) is 1.20. The molecule has 1 atom stereocenters. The highest BCUT2D eigenvalue weighted by Gasteiger charge is 2.07. The Morgan fingerprint density at radius 3 is 2.70 bits per heavy atom. The van der Waals surface area contributed by atoms with Crippen LogP contribution in [0.25, 0.3) is 0 Å². The quantitative estimate of drug-likeness (QED) is 0.859. The number of nitrogens with zero attached hydrogens (tertiary/aromatic N) is 1. The number of aliphatic hydroxyl groups excluding tert-OH is 1. The fourth-order valence-electron chi connectivity index (χ4n) is 1.51. The van der Waals surface area contributed by atoms with E-state index in [4.69, 9.17) is 27.9 Å². The van der Waals surface area contributed by atoms with Crippen molar-refractivity contribution < 1.29 is 9.84 Å². The molecule has 0 aliphatic carbocycles. The van der Waals surface area contributed by atoms with Crippen molar-refractivity contribution in [3.05, 3.63) is 52.6 Å². The lowest BCUT2D eigenvalue weighted by atomic mass is 10.3. The first-order valence-corrected chi connectivity index (χ1v) is 6.81. The summed E-state index contributed by atoms with van der Waals surface area (Å²) in [5.41, 5.74) is 0. The molecule has 0 fully saturated rings. The van der Waals surface area contributed by atoms with E-state index >= 15 is 0 Å². The molecule has 1 aromatic heterocycles. The van der Waals surface area contributed by atoms with Crippen LogP contribution < -0.4 is 10.1 Å². The number of aromatic nitrogens is 1. The molecule has 0 amide bonds. The van der Waals surface area contributed by atoms with Gasteiger partial charge in [0.1, 0.15) is 24.3 Å². The Morgan fingerprint density at radius 1 is 1.20 bits per heavy atom. The predicted octanol–water partition coefficient (Wildman–Crippen LogP) is 3.24. The fraction of sp³-hybridized carbons (Fsp3) is 0.214. The van der Waals surface area contributed by atoms with Crippen LogP contribution in [-0.2, 0) is 0 Å². The van der Waals surface area contributed by atoms with Gasteiger partial charge in [0, 0.05) is 12.7 Å². The Labute approximate surface area is 127 Å². The van der Waals surface area contributed by atoms with E-state index in [0.29, 0.717) is 28.2 Å². The summed E-state index contributed by atoms with van der Waals surface area (Å²) in [6.45, 7) is 0.462. The maximum absolute atomic E-state index is 9.83. The lowest BCUT2D eigenvalue weighted by Gasteiger charge is -2.14. The molecule has 6 heteroatoms. The molecule has 2 aromatic rings. The summed E-state index contributed by atoms with van der Waals surface area (Å²) in [6.07, 6.45) is 0.861. The number of aliphatic hydroxyl groups is 1. The number of pyridine rings is 1. The van der Waals surface area contributed by atoms with Crippen LogP contribution in [0.4, 0.5) is 5.82 Å². The van der Waals surface area contributed by atoms with Crippen molar-refractivity contribution in [2.45, 2.75) is 6.10 Å². The van der Waals surface area contributed by atoms with E-state index in [9.17, 15) is 5.11 Å². The third kappa shape index (κ3) is 4.56. The second-order valence-electron chi connectivity index (χ2n) is 4.14. The van der Waals surface area contributed by atoms with Crippen LogP contribution in [0.5, 0.6) is 5.75 Å². The minimum atomic E-state index is -0.677. The van der Waals surface area contributed by atoms with Crippen molar-refractivity contribution in [2.75, 3.05) is 18.5 Å². The SMILES string of the molecule is OC(CNc1ccc(Cl)cn1)COc1ccccc1Cl. The van der Waals surface area contributed by atoms with Gasteiger partial charge in [-0.25, -0.2) is 4.98 Å². The second-order valence-corrected chi connectivity index (χ2v) is 4.98. The van der Waals surface area contributed by atoms with Crippen molar-refractivity contribution in [2.24, 2.45) is 0 Å². The van der Waals surface area contributed by atoms with Gasteiger partial charge in [0.2, 0.25) is 0 Å². The van der Waals surface area contributed by atoms with Crippen LogP contribution in [0, 0.1) is 0 Å². The van der Waals surface area contributed by atoms with E-state index in [1.807, 2.05) is 12.1 Å². The monoisotopic (exact) mass is 312 g/mol. The van der Waals surface area contributed by atoms with Crippen molar-refractivity contribution in [1.82, 2.24) is 4.98 Å². The zero-order valence-corrected chi connectivity index (χ0v) is 12.1. The van der Waals surface area contributed by atoms with Crippen molar-refractivity contribution in [1.29, 1.82) is 0 Å². The van der Waals surface area contributed by atoms with Crippen molar-refractivity contribution in [3.8, 4) is 5.75 Å². The maximum Gasteiger partial charge on any atom is 0.138 e. The minimum absolute atomic E-state index is 0.143. The van der Waals surface area contributed by atoms with Gasteiger partial charge < -0.3 is 15.2 Å². The summed E-state index contributed by atoms with van der Waals surface area (Å²) in [7, 11) is 0. The molecule has 1 unspecified atom stereocenters. The second kappa shape index (κ2) is 7.33. The Morgan fingerprint density at radius 2 is 2.00 bits per heavy atom. The zero-order chi connectivity index (χ0) is 14.4. The number of anilines is 1. The molecule has 2 rings (SSSR count). The molecule has 1 heterocycles. The fourth-order valence-corrected chi connectivity index (χ4v) is 1.81. The zero-order valence-electron chi connectivity index (χ0n) is 10.6. The maximum atomic E-state index is 9.83. The van der Waals surface area contributed by atoms with Gasteiger partial charge in [0.15, 0.2) is 0 Å². The van der Waals surface area contributed by atoms with Gasteiger partial charge in [0.05, 0.1) is 10.0 Å². The highest BCUT2D eigenvalue weighted by molar-refractivity contribution is 6.32. The summed E-state index contributed by atoms with van der Waals surface area (Å²) >= 11 is 11.7. The number of nitrogens with one attached hydrogen (secondary N) is 1. The van der Waals surface area contributed by atoms with Gasteiger partial charge in [-0.15, -0.1) is 0 Å². The van der Waals surface area contributed by atoms with Crippen LogP contribution in [0.3, 0.4) is 0 Å². The normalized spacial score (nSPS) is 11.9. The summed E-state index contributed by atoms with van der Waals surface area (Å²) < 4.78 is 5.44. The third-order valence-electron chi connectivity index (χ3n) is 2.51. The molecule has 0 saturated heterocycles. The van der Waals surface area contributed by atoms with E-state index in [1.165, 1.54) is 6.20 Å². The predicted molar refractivity (Wildman–Crippen MR) is 80.7 cm³/mol. The van der Waals surface area contributed by atoms with Crippen molar-refractivity contribution in [3.63, 3.8) is 0 Å². The lowest BCUT2D eigenvalue weighted by molar-refractivity contribution is 0.117. The molecule has 2 N–H and O–H groups in total. The van der Waals surface area contributed by atoms with E-state index in [0.717, 1.165) is 0 Å². The number of halogens is 2. The molecule has 0 aliphatic heterocycles. The van der Waals surface area contributed by atoms with Gasteiger partial charge in [-0.2, -0.15) is 0 Å². The minimum Gasteiger partial charge on any atom is -0.489 e. The molecule has 0 saturated carbocycles. The van der Waals surface area contributed by atoms with Crippen LogP contribution in [-0.4, -0.2) is 29.3 Å². The lowest BCUT2D eigenvalue weighted by Crippen LogP contribution is -2.26. The first-order chi connectivity index (χ1) is 9.65. The Bertz CT molecular complexity index is 549. The first-order valence-electron chi connectivity index (χ1n) is 6.06. The van der Waals surface area contributed by atoms with E-state index in [1.54, 1.807) is 24.3 Å². The van der Waals surface area contributed by atoms with Gasteiger partial charge in [0.25, 0.3) is 0 Å². The molecule has 0 radical (unpaired) electrons. The van der Waals surface area contributed by atoms with Crippen LogP contribution >= 0.6 is 23.2 Å². The van der Waals surface area contributed by atoms with E-state index < -0.39 is 6.10 Å². The molecular weight excluding hydrogens is 299 g/mol. The molecule has 106 valence electrons. The van der Waals surface area contributed by atoms with Crippen LogP contribution in [0.1, 0.15) is 0 Å². The Kier molecular flexibility index (Phi) is 5.47. The number of rotatable bonds is 6. The highest BCUT2D eigenvalue weighted by Crippen LogP contribution is 2.23. The van der Waals surface area contributed by atoms with E-state index in [2.05, 4.69) is 10.3 Å². The standard InChI is InChI=1S/C14H14Cl2N2O2/c15-10-5-6-14(17-7-10)18-8-11(19)9-20-13-4-2-1-3-12(13)16/h1-7,11,19H,8-9H2,(H,17,18). The Balaban J connectivity index is 1.77. The molecule has 0 spiro atoms. The van der Waals surface area contributed by atoms with Gasteiger partial charge in [-0.05, 0) is 24.3 Å². The highest BCUT2D eigenvalue weighted by atomic mass is 35.5. The summed E-state index contributed by atoms with van der Waals surface area (Å²) in [4.78, 5) is 4.07. The molecule has 0 bridgehead atoms. The summed E-state index contributed by atoms with van der Waals surface area (Å²) in [6, 6.07) is 10.6. The third-order valence-corrected chi connectivity index (χ3v) is 3.05. The van der Waals surface area contributed by atoms with Crippen molar-refractivity contribution >= 4 is 29.0 Å². The smallest absolute Gasteiger partial charge is 0.138 e. The number of ether oxygens (including phenoxy) is 1. The number of hydrogen-bond acceptors (Lipinski definition) is 4. The number of para-hydroxylation sites is 1. The average molecular weight is 313 g/mol. The Hall–Kier alpha value is -1.49. The first kappa shape index (κ1) is 14.9. The van der Waals surface area contributed by atoms with Gasteiger partial charge in [-0.3, -0.25) is 0 Å². The number of hydrogen-bond donors (Lipinski definition) is 2. The van der Waals surface area contributed by atoms with Gasteiger partial charge >= 0.3 is 0 Å². The molecule has 4 nitrogen and oxygen atoms in total. The summed E-state index contributed by atoms with van der Waals surface area (Å²) in [5, 5.41) is 13.9. The number of benzene rings is 1. The molecule has 0 aliphatic rings. The van der Waals surface area contributed by atoms with Crippen LogP contribution in [0.2, 0.25) is 10.0 Å². The molecule has 1 aromatic carbocycles. The van der Waals surface area contributed by atoms with Crippen LogP contribution in [0.15, 0.2) is 42.6 Å². The van der Waals surface area contributed by atoms with E-state index in [-0.39, 0.29) is 6.61 Å². The molecule has 20 heavy (non-hydrogen) atoms.